The number of benzene rings is 3. The third-order valence-corrected chi connectivity index (χ3v) is 8.67. The van der Waals surface area contributed by atoms with Crippen molar-refractivity contribution in [2.75, 3.05) is 17.2 Å². The molecule has 1 fully saturated rings. The molecule has 0 aliphatic carbocycles. The number of hydrogen-bond donors (Lipinski definition) is 1. The molecule has 0 saturated carbocycles. The molecule has 0 radical (unpaired) electrons. The van der Waals surface area contributed by atoms with Crippen LogP contribution in [0.1, 0.15) is 45.2 Å². The van der Waals surface area contributed by atoms with Crippen LogP contribution in [0.25, 0.3) is 17.1 Å². The molecular formula is C34H37F3N6O2S. The number of nitrogens with one attached hydrogen (secondary N) is 1. The van der Waals surface area contributed by atoms with E-state index < -0.39 is 6.36 Å². The molecule has 1 N–H and O–H groups in total. The molecule has 0 spiro atoms. The van der Waals surface area contributed by atoms with Gasteiger partial charge in [-0.05, 0) is 73.1 Å². The topological polar surface area (TPSA) is 84.6 Å². The number of halogens is 3. The molecule has 242 valence electrons. The first kappa shape index (κ1) is 33.1. The van der Waals surface area contributed by atoms with Gasteiger partial charge in [-0.15, -0.1) is 18.3 Å². The van der Waals surface area contributed by atoms with Crippen LogP contribution in [0.5, 0.6) is 5.75 Å². The fourth-order valence-corrected chi connectivity index (χ4v) is 6.53. The first-order valence-electron chi connectivity index (χ1n) is 15.1. The minimum Gasteiger partial charge on any atom is -0.406 e. The molecule has 1 aliphatic heterocycles. The SMILES string of the molecule is CCc1ccccc1N1C(=NC(=O)NCC(C)(C)Cc2ccc(-c3ncn(-c4ccc(OC(F)(F)F)cc4)n3)cc2)SCCC1C. The maximum Gasteiger partial charge on any atom is 0.573 e. The Labute approximate surface area is 271 Å². The summed E-state index contributed by atoms with van der Waals surface area (Å²) in [5, 5.41) is 8.23. The number of urea groups is 1. The number of rotatable bonds is 9. The van der Waals surface area contributed by atoms with E-state index in [0.29, 0.717) is 18.1 Å². The molecule has 2 amide bonds. The summed E-state index contributed by atoms with van der Waals surface area (Å²) in [6.45, 7) is 8.97. The monoisotopic (exact) mass is 650 g/mol. The van der Waals surface area contributed by atoms with Crippen molar-refractivity contribution in [3.8, 4) is 22.8 Å². The highest BCUT2D eigenvalue weighted by Gasteiger charge is 2.31. The van der Waals surface area contributed by atoms with Crippen molar-refractivity contribution in [1.82, 2.24) is 20.1 Å². The van der Waals surface area contributed by atoms with Gasteiger partial charge in [-0.3, -0.25) is 0 Å². The summed E-state index contributed by atoms with van der Waals surface area (Å²) in [6.07, 6.45) is -0.596. The van der Waals surface area contributed by atoms with Crippen LogP contribution in [0.3, 0.4) is 0 Å². The summed E-state index contributed by atoms with van der Waals surface area (Å²) in [5.41, 5.74) is 4.54. The van der Waals surface area contributed by atoms with E-state index in [4.69, 9.17) is 0 Å². The Bertz CT molecular complexity index is 1670. The number of aryl methyl sites for hydroxylation is 1. The molecule has 46 heavy (non-hydrogen) atoms. The molecule has 1 aromatic heterocycles. The van der Waals surface area contributed by atoms with Crippen LogP contribution in [0, 0.1) is 5.41 Å². The van der Waals surface area contributed by atoms with Crippen LogP contribution >= 0.6 is 11.8 Å². The predicted octanol–water partition coefficient (Wildman–Crippen LogP) is 8.06. The number of aliphatic imine (C=N–C) groups is 1. The maximum absolute atomic E-state index is 13.0. The fraction of sp³-hybridized carbons (Fsp3) is 0.353. The van der Waals surface area contributed by atoms with Crippen LogP contribution in [0.15, 0.2) is 84.1 Å². The summed E-state index contributed by atoms with van der Waals surface area (Å²) in [4.78, 5) is 24.1. The van der Waals surface area contributed by atoms with Gasteiger partial charge in [0.25, 0.3) is 0 Å². The Hall–Kier alpha value is -4.32. The number of aromatic nitrogens is 3. The second-order valence-corrected chi connectivity index (χ2v) is 13.0. The second-order valence-electron chi connectivity index (χ2n) is 12.0. The summed E-state index contributed by atoms with van der Waals surface area (Å²) >= 11 is 1.62. The van der Waals surface area contributed by atoms with Crippen molar-refractivity contribution in [2.24, 2.45) is 10.4 Å². The van der Waals surface area contributed by atoms with Crippen LogP contribution in [0.4, 0.5) is 23.7 Å². The van der Waals surface area contributed by atoms with Gasteiger partial charge in [-0.1, -0.05) is 75.0 Å². The quantitative estimate of drug-likeness (QED) is 0.197. The van der Waals surface area contributed by atoms with Crippen molar-refractivity contribution >= 4 is 28.6 Å². The lowest BCUT2D eigenvalue weighted by Crippen LogP contribution is -2.43. The average molecular weight is 651 g/mol. The first-order valence-corrected chi connectivity index (χ1v) is 16.1. The number of ether oxygens (including phenoxy) is 1. The van der Waals surface area contributed by atoms with Gasteiger partial charge in [-0.25, -0.2) is 14.5 Å². The lowest BCUT2D eigenvalue weighted by atomic mass is 9.85. The normalized spacial score (nSPS) is 16.5. The minimum atomic E-state index is -4.75. The van der Waals surface area contributed by atoms with Crippen LogP contribution < -0.4 is 15.0 Å². The number of anilines is 1. The summed E-state index contributed by atoms with van der Waals surface area (Å²) in [5.74, 6) is 1.10. The first-order chi connectivity index (χ1) is 21.9. The highest BCUT2D eigenvalue weighted by atomic mass is 32.2. The van der Waals surface area contributed by atoms with Crippen molar-refractivity contribution in [3.63, 3.8) is 0 Å². The molecule has 12 heteroatoms. The molecule has 2 heterocycles. The van der Waals surface area contributed by atoms with Gasteiger partial charge in [0, 0.05) is 29.6 Å². The van der Waals surface area contributed by atoms with Crippen LogP contribution in [0.2, 0.25) is 0 Å². The number of alkyl halides is 3. The number of amidine groups is 1. The molecule has 4 aromatic rings. The number of para-hydroxylation sites is 1. The number of amides is 2. The highest BCUT2D eigenvalue weighted by molar-refractivity contribution is 8.14. The zero-order valence-corrected chi connectivity index (χ0v) is 27.0. The van der Waals surface area contributed by atoms with Crippen molar-refractivity contribution in [3.05, 3.63) is 90.3 Å². The van der Waals surface area contributed by atoms with E-state index >= 15 is 0 Å². The number of carbonyl (C=O) groups is 1. The van der Waals surface area contributed by atoms with Crippen molar-refractivity contribution < 1.29 is 22.7 Å². The molecular weight excluding hydrogens is 613 g/mol. The van der Waals surface area contributed by atoms with Crippen molar-refractivity contribution in [2.45, 2.75) is 59.4 Å². The highest BCUT2D eigenvalue weighted by Crippen LogP contribution is 2.32. The average Bonchev–Trinajstić information content (AvgIpc) is 3.51. The number of thioether (sulfide) groups is 1. The van der Waals surface area contributed by atoms with E-state index in [1.807, 2.05) is 36.4 Å². The fourth-order valence-electron chi connectivity index (χ4n) is 5.33. The molecule has 1 unspecified atom stereocenters. The largest absolute Gasteiger partial charge is 0.573 e. The molecule has 1 atom stereocenters. The van der Waals surface area contributed by atoms with Crippen LogP contribution in [-0.2, 0) is 12.8 Å². The third kappa shape index (κ3) is 8.48. The Morgan fingerprint density at radius 3 is 2.48 bits per heavy atom. The molecule has 3 aromatic carbocycles. The third-order valence-electron chi connectivity index (χ3n) is 7.68. The predicted molar refractivity (Wildman–Crippen MR) is 177 cm³/mol. The lowest BCUT2D eigenvalue weighted by Gasteiger charge is -2.36. The smallest absolute Gasteiger partial charge is 0.406 e. The zero-order valence-electron chi connectivity index (χ0n) is 26.2. The van der Waals surface area contributed by atoms with E-state index in [-0.39, 0.29) is 23.2 Å². The Morgan fingerprint density at radius 1 is 1.07 bits per heavy atom. The van der Waals surface area contributed by atoms with Gasteiger partial charge in [-0.2, -0.15) is 4.99 Å². The van der Waals surface area contributed by atoms with E-state index in [0.717, 1.165) is 47.0 Å². The maximum atomic E-state index is 13.0. The van der Waals surface area contributed by atoms with E-state index in [1.165, 1.54) is 40.8 Å². The van der Waals surface area contributed by atoms with E-state index in [1.54, 1.807) is 11.8 Å². The van der Waals surface area contributed by atoms with E-state index in [9.17, 15) is 18.0 Å². The molecule has 1 aliphatic rings. The van der Waals surface area contributed by atoms with Gasteiger partial charge in [0.15, 0.2) is 11.0 Å². The van der Waals surface area contributed by atoms with Gasteiger partial charge in [0.05, 0.1) is 5.69 Å². The van der Waals surface area contributed by atoms with Crippen LogP contribution in [-0.4, -0.2) is 50.7 Å². The molecule has 8 nitrogen and oxygen atoms in total. The van der Waals surface area contributed by atoms with E-state index in [2.05, 4.69) is 69.9 Å². The standard InChI is InChI=1S/C34H37F3N6O2S/c1-5-25-8-6-7-9-29(25)43-23(2)18-19-46-32(43)40-31(44)38-21-33(3,4)20-24-10-12-26(13-11-24)30-39-22-42(41-30)27-14-16-28(17-15-27)45-34(35,36)37/h6-17,22-23H,5,18-21H2,1-4H3,(H,38,44). The molecule has 1 saturated heterocycles. The van der Waals surface area contributed by atoms with Gasteiger partial charge in [0.2, 0.25) is 0 Å². The Morgan fingerprint density at radius 2 is 1.78 bits per heavy atom. The minimum absolute atomic E-state index is 0.235. The summed E-state index contributed by atoms with van der Waals surface area (Å²) < 4.78 is 42.7. The molecule has 0 bridgehead atoms. The number of nitrogens with zero attached hydrogens (tertiary/aromatic N) is 5. The van der Waals surface area contributed by atoms with Gasteiger partial charge in [0.1, 0.15) is 12.1 Å². The molecule has 5 rings (SSSR count). The van der Waals surface area contributed by atoms with Gasteiger partial charge >= 0.3 is 12.4 Å². The number of hydrogen-bond acceptors (Lipinski definition) is 5. The van der Waals surface area contributed by atoms with Gasteiger partial charge < -0.3 is 15.0 Å². The number of carbonyl (C=O) groups excluding carboxylic acids is 1. The summed E-state index contributed by atoms with van der Waals surface area (Å²) in [7, 11) is 0. The second kappa shape index (κ2) is 14.0. The van der Waals surface area contributed by atoms with Crippen molar-refractivity contribution in [1.29, 1.82) is 0 Å². The summed E-state index contributed by atoms with van der Waals surface area (Å²) in [6, 6.07) is 21.5. The Kier molecular flexibility index (Phi) is 10.0. The lowest BCUT2D eigenvalue weighted by molar-refractivity contribution is -0.274. The Balaban J connectivity index is 1.19. The zero-order chi connectivity index (χ0) is 32.9.